The summed E-state index contributed by atoms with van der Waals surface area (Å²) < 4.78 is 0. The van der Waals surface area contributed by atoms with Gasteiger partial charge in [-0.05, 0) is 67.3 Å². The quantitative estimate of drug-likeness (QED) is 0.484. The van der Waals surface area contributed by atoms with Crippen molar-refractivity contribution in [2.24, 2.45) is 11.8 Å². The van der Waals surface area contributed by atoms with Crippen LogP contribution in [0.25, 0.3) is 0 Å². The minimum absolute atomic E-state index is 0.429. The average Bonchev–Trinajstić information content (AvgIpc) is 2.50. The summed E-state index contributed by atoms with van der Waals surface area (Å²) in [5.41, 5.74) is 8.04. The van der Waals surface area contributed by atoms with Crippen molar-refractivity contribution in [2.45, 2.75) is 46.1 Å². The Kier molecular flexibility index (Phi) is 6.59. The normalized spacial score (nSPS) is 23.7. The maximum atomic E-state index is 5.36. The molecule has 1 fully saturated rings. The average molecular weight is 351 g/mol. The molecule has 3 atom stereocenters. The second-order valence-corrected chi connectivity index (χ2v) is 7.24. The summed E-state index contributed by atoms with van der Waals surface area (Å²) in [4.78, 5) is 0. The summed E-state index contributed by atoms with van der Waals surface area (Å²) in [6, 6.07) is 8.48. The first-order chi connectivity index (χ1) is 11.0. The fourth-order valence-corrected chi connectivity index (χ4v) is 3.36. The van der Waals surface area contributed by atoms with Crippen molar-refractivity contribution in [3.8, 4) is 0 Å². The standard InChI is InChI=1S/C17H26N4S2/c1-11-6-4-8-14(10-11)18-16(22)20-21-17(23)19-15-9-5-7-12(2)13(15)3/h4,6,8,10,12-13,15H,5,7,9H2,1-3H3,(H2,18,20,22)(H2,19,21,23)/t12-,13+,15+/m1/s1. The fraction of sp³-hybridized carbons (Fsp3) is 0.529. The third kappa shape index (κ3) is 5.62. The molecule has 1 aliphatic carbocycles. The van der Waals surface area contributed by atoms with Crippen LogP contribution < -0.4 is 21.5 Å². The number of rotatable bonds is 2. The van der Waals surface area contributed by atoms with Crippen molar-refractivity contribution in [3.05, 3.63) is 29.8 Å². The zero-order chi connectivity index (χ0) is 16.8. The van der Waals surface area contributed by atoms with Crippen LogP contribution in [0, 0.1) is 18.8 Å². The molecular weight excluding hydrogens is 324 g/mol. The highest BCUT2D eigenvalue weighted by atomic mass is 32.1. The SMILES string of the molecule is Cc1cccc(NC(=S)NNC(=S)N[C@H]2CCC[C@@H](C)[C@@H]2C)c1. The third-order valence-electron chi connectivity index (χ3n) is 4.59. The highest BCUT2D eigenvalue weighted by molar-refractivity contribution is 7.80. The molecule has 1 saturated carbocycles. The van der Waals surface area contributed by atoms with E-state index in [1.807, 2.05) is 31.2 Å². The van der Waals surface area contributed by atoms with Crippen molar-refractivity contribution >= 4 is 40.3 Å². The zero-order valence-electron chi connectivity index (χ0n) is 14.0. The molecule has 0 bridgehead atoms. The van der Waals surface area contributed by atoms with Gasteiger partial charge in [0.2, 0.25) is 0 Å². The van der Waals surface area contributed by atoms with E-state index in [-0.39, 0.29) is 0 Å². The molecule has 1 aromatic carbocycles. The molecular formula is C17H26N4S2. The van der Waals surface area contributed by atoms with E-state index in [1.165, 1.54) is 24.8 Å². The Morgan fingerprint density at radius 1 is 1.09 bits per heavy atom. The number of benzene rings is 1. The molecule has 6 heteroatoms. The second-order valence-electron chi connectivity index (χ2n) is 6.42. The summed E-state index contributed by atoms with van der Waals surface area (Å²) in [6.45, 7) is 6.65. The van der Waals surface area contributed by atoms with Gasteiger partial charge in [0.1, 0.15) is 0 Å². The molecule has 4 N–H and O–H groups in total. The molecule has 126 valence electrons. The first-order valence-corrected chi connectivity index (χ1v) is 8.97. The molecule has 1 aliphatic rings. The van der Waals surface area contributed by atoms with Crippen LogP contribution in [0.15, 0.2) is 24.3 Å². The summed E-state index contributed by atoms with van der Waals surface area (Å²) in [7, 11) is 0. The van der Waals surface area contributed by atoms with Crippen molar-refractivity contribution in [1.29, 1.82) is 0 Å². The van der Waals surface area contributed by atoms with Crippen LogP contribution in [-0.4, -0.2) is 16.3 Å². The lowest BCUT2D eigenvalue weighted by molar-refractivity contribution is 0.224. The Morgan fingerprint density at radius 2 is 1.83 bits per heavy atom. The number of nitrogens with one attached hydrogen (secondary N) is 4. The molecule has 0 heterocycles. The topological polar surface area (TPSA) is 48.1 Å². The van der Waals surface area contributed by atoms with Crippen LogP contribution in [0.3, 0.4) is 0 Å². The molecule has 0 spiro atoms. The minimum atomic E-state index is 0.429. The van der Waals surface area contributed by atoms with E-state index in [1.54, 1.807) is 0 Å². The Morgan fingerprint density at radius 3 is 2.57 bits per heavy atom. The number of aryl methyl sites for hydroxylation is 1. The fourth-order valence-electron chi connectivity index (χ4n) is 2.99. The van der Waals surface area contributed by atoms with Crippen molar-refractivity contribution < 1.29 is 0 Å². The molecule has 1 aromatic rings. The monoisotopic (exact) mass is 350 g/mol. The molecule has 0 unspecified atom stereocenters. The van der Waals surface area contributed by atoms with Crippen LogP contribution in [0.4, 0.5) is 5.69 Å². The number of hydrogen-bond donors (Lipinski definition) is 4. The Labute approximate surface area is 149 Å². The largest absolute Gasteiger partial charge is 0.358 e. The third-order valence-corrected chi connectivity index (χ3v) is 5.01. The molecule has 0 amide bonds. The van der Waals surface area contributed by atoms with E-state index in [9.17, 15) is 0 Å². The van der Waals surface area contributed by atoms with Crippen LogP contribution >= 0.6 is 24.4 Å². The van der Waals surface area contributed by atoms with Gasteiger partial charge in [-0.2, -0.15) is 0 Å². The molecule has 2 rings (SSSR count). The summed E-state index contributed by atoms with van der Waals surface area (Å²) in [5, 5.41) is 7.60. The lowest BCUT2D eigenvalue weighted by Gasteiger charge is -2.35. The lowest BCUT2D eigenvalue weighted by atomic mass is 9.78. The number of hydrogen-bond acceptors (Lipinski definition) is 2. The van der Waals surface area contributed by atoms with Gasteiger partial charge < -0.3 is 10.6 Å². The number of hydrazine groups is 1. The smallest absolute Gasteiger partial charge is 0.189 e. The minimum Gasteiger partial charge on any atom is -0.358 e. The second kappa shape index (κ2) is 8.45. The van der Waals surface area contributed by atoms with Crippen LogP contribution in [0.2, 0.25) is 0 Å². The van der Waals surface area contributed by atoms with Crippen molar-refractivity contribution in [2.75, 3.05) is 5.32 Å². The predicted molar refractivity (Wildman–Crippen MR) is 105 cm³/mol. The van der Waals surface area contributed by atoms with Gasteiger partial charge in [0, 0.05) is 11.7 Å². The molecule has 0 aliphatic heterocycles. The highest BCUT2D eigenvalue weighted by Gasteiger charge is 2.27. The van der Waals surface area contributed by atoms with Gasteiger partial charge in [-0.15, -0.1) is 0 Å². The van der Waals surface area contributed by atoms with Crippen molar-refractivity contribution in [3.63, 3.8) is 0 Å². The van der Waals surface area contributed by atoms with E-state index in [4.69, 9.17) is 24.4 Å². The number of anilines is 1. The summed E-state index contributed by atoms with van der Waals surface area (Å²) in [6.07, 6.45) is 3.73. The van der Waals surface area contributed by atoms with E-state index in [0.717, 1.165) is 11.6 Å². The Hall–Kier alpha value is -1.40. The van der Waals surface area contributed by atoms with Crippen LogP contribution in [0.5, 0.6) is 0 Å². The van der Waals surface area contributed by atoms with Gasteiger partial charge in [0.25, 0.3) is 0 Å². The molecule has 0 aromatic heterocycles. The van der Waals surface area contributed by atoms with E-state index in [2.05, 4.69) is 35.3 Å². The lowest BCUT2D eigenvalue weighted by Crippen LogP contribution is -2.53. The van der Waals surface area contributed by atoms with E-state index < -0.39 is 0 Å². The zero-order valence-corrected chi connectivity index (χ0v) is 15.6. The van der Waals surface area contributed by atoms with Gasteiger partial charge in [-0.3, -0.25) is 10.9 Å². The Balaban J connectivity index is 1.74. The maximum absolute atomic E-state index is 5.36. The molecule has 23 heavy (non-hydrogen) atoms. The van der Waals surface area contributed by atoms with E-state index >= 15 is 0 Å². The van der Waals surface area contributed by atoms with Gasteiger partial charge in [-0.25, -0.2) is 0 Å². The van der Waals surface area contributed by atoms with Crippen LogP contribution in [0.1, 0.15) is 38.7 Å². The first-order valence-electron chi connectivity index (χ1n) is 8.16. The summed E-state index contributed by atoms with van der Waals surface area (Å²) in [5.74, 6) is 1.36. The van der Waals surface area contributed by atoms with Crippen LogP contribution in [-0.2, 0) is 0 Å². The van der Waals surface area contributed by atoms with Crippen molar-refractivity contribution in [1.82, 2.24) is 16.2 Å². The summed E-state index contributed by atoms with van der Waals surface area (Å²) >= 11 is 10.6. The first kappa shape index (κ1) is 17.9. The van der Waals surface area contributed by atoms with Gasteiger partial charge in [0.15, 0.2) is 10.2 Å². The van der Waals surface area contributed by atoms with Gasteiger partial charge in [0.05, 0.1) is 0 Å². The number of thiocarbonyl (C=S) groups is 2. The maximum Gasteiger partial charge on any atom is 0.189 e. The molecule has 4 nitrogen and oxygen atoms in total. The molecule has 0 saturated heterocycles. The molecule has 0 radical (unpaired) electrons. The van der Waals surface area contributed by atoms with Gasteiger partial charge >= 0.3 is 0 Å². The van der Waals surface area contributed by atoms with Gasteiger partial charge in [-0.1, -0.05) is 38.8 Å². The predicted octanol–water partition coefficient (Wildman–Crippen LogP) is 3.49. The highest BCUT2D eigenvalue weighted by Crippen LogP contribution is 2.29. The Bertz CT molecular complexity index is 561. The van der Waals surface area contributed by atoms with E-state index in [0.29, 0.717) is 22.2 Å².